The first kappa shape index (κ1) is 6.89. The van der Waals surface area contributed by atoms with E-state index in [0.717, 1.165) is 5.06 Å². The molecule has 1 rings (SSSR count). The van der Waals surface area contributed by atoms with Gasteiger partial charge in [0, 0.05) is 11.4 Å². The molecule has 0 aliphatic rings. The van der Waals surface area contributed by atoms with Gasteiger partial charge in [-0.15, -0.1) is 0 Å². The molecule has 0 unspecified atom stereocenters. The molecule has 0 spiro atoms. The summed E-state index contributed by atoms with van der Waals surface area (Å²) in [5, 5.41) is 11.4. The molecule has 0 amide bonds. The van der Waals surface area contributed by atoms with E-state index in [1.165, 1.54) is 7.05 Å². The quantitative estimate of drug-likeness (QED) is 0.467. The van der Waals surface area contributed by atoms with Crippen LogP contribution in [0.15, 0.2) is 24.3 Å². The van der Waals surface area contributed by atoms with E-state index in [2.05, 4.69) is 0 Å². The number of anilines is 2. The Labute approximate surface area is 59.6 Å². The highest BCUT2D eigenvalue weighted by Crippen LogP contribution is 2.14. The van der Waals surface area contributed by atoms with Crippen molar-refractivity contribution in [3.05, 3.63) is 29.5 Å². The van der Waals surface area contributed by atoms with Crippen LogP contribution in [-0.2, 0) is 0 Å². The second-order valence-electron chi connectivity index (χ2n) is 2.09. The number of benzene rings is 1. The molecule has 0 atom stereocenters. The zero-order valence-electron chi connectivity index (χ0n) is 5.74. The van der Waals surface area contributed by atoms with Crippen molar-refractivity contribution in [2.45, 2.75) is 0 Å². The Hall–Kier alpha value is -1.22. The molecule has 0 heterocycles. The van der Waals surface area contributed by atoms with Gasteiger partial charge in [0.05, 0.1) is 0 Å². The lowest BCUT2D eigenvalue weighted by atomic mass is 10.3. The second-order valence-corrected chi connectivity index (χ2v) is 2.09. The van der Waals surface area contributed by atoms with E-state index < -0.39 is 0 Å². The van der Waals surface area contributed by atoms with Crippen molar-refractivity contribution in [1.29, 1.82) is 0 Å². The Morgan fingerprint density at radius 3 is 2.60 bits per heavy atom. The van der Waals surface area contributed by atoms with E-state index in [9.17, 15) is 5.21 Å². The number of nitrogens with two attached hydrogens (primary N) is 1. The number of hydroxylamine groups is 1. The Morgan fingerprint density at radius 2 is 2.20 bits per heavy atom. The van der Waals surface area contributed by atoms with Crippen LogP contribution in [0.4, 0.5) is 11.4 Å². The van der Waals surface area contributed by atoms with Crippen LogP contribution in [-0.4, -0.2) is 7.05 Å². The molecular weight excluding hydrogens is 128 g/mol. The second kappa shape index (κ2) is 2.58. The topological polar surface area (TPSA) is 52.3 Å². The van der Waals surface area contributed by atoms with Crippen LogP contribution in [0.2, 0.25) is 0 Å². The highest BCUT2D eigenvalue weighted by molar-refractivity contribution is 5.55. The van der Waals surface area contributed by atoms with Crippen molar-refractivity contribution in [3.63, 3.8) is 0 Å². The van der Waals surface area contributed by atoms with Gasteiger partial charge in [0.1, 0.15) is 0 Å². The first-order valence-corrected chi connectivity index (χ1v) is 2.96. The summed E-state index contributed by atoms with van der Waals surface area (Å²) in [6.07, 6.45) is 0. The number of hydrogen-bond acceptors (Lipinski definition) is 3. The van der Waals surface area contributed by atoms with Crippen molar-refractivity contribution in [3.8, 4) is 0 Å². The van der Waals surface area contributed by atoms with Gasteiger partial charge in [0.2, 0.25) is 0 Å². The predicted octanol–water partition coefficient (Wildman–Crippen LogP) is 1.20. The van der Waals surface area contributed by atoms with Gasteiger partial charge >= 0.3 is 0 Å². The largest absolute Gasteiger partial charge is 0.758 e. The highest BCUT2D eigenvalue weighted by Gasteiger charge is 1.88. The number of rotatable bonds is 1. The van der Waals surface area contributed by atoms with Gasteiger partial charge in [-0.3, -0.25) is 0 Å². The fraction of sp³-hybridized carbons (Fsp3) is 0.143. The Kier molecular flexibility index (Phi) is 1.78. The minimum absolute atomic E-state index is 0.583. The summed E-state index contributed by atoms with van der Waals surface area (Å²) < 4.78 is 0. The number of hydrogen-bond donors (Lipinski definition) is 1. The first-order valence-electron chi connectivity index (χ1n) is 2.96. The fourth-order valence-corrected chi connectivity index (χ4v) is 0.721. The normalized spacial score (nSPS) is 9.40. The standard InChI is InChI=1S/C7H9N2O/c1-9(10)7-4-2-3-6(8)5-7/h2-5H,8H2,1H3/q-1. The lowest BCUT2D eigenvalue weighted by molar-refractivity contribution is 1.22. The van der Waals surface area contributed by atoms with Gasteiger partial charge in [-0.05, 0) is 25.2 Å². The molecule has 1 aromatic carbocycles. The maximum Gasteiger partial charge on any atom is 0.0334 e. The molecule has 0 aliphatic carbocycles. The zero-order chi connectivity index (χ0) is 7.56. The summed E-state index contributed by atoms with van der Waals surface area (Å²) in [5.41, 5.74) is 6.63. The summed E-state index contributed by atoms with van der Waals surface area (Å²) in [6.45, 7) is 0. The maximum atomic E-state index is 10.7. The van der Waals surface area contributed by atoms with Crippen LogP contribution in [0.25, 0.3) is 0 Å². The molecule has 0 saturated heterocycles. The smallest absolute Gasteiger partial charge is 0.0334 e. The van der Waals surface area contributed by atoms with Gasteiger partial charge in [-0.2, -0.15) is 0 Å². The Balaban J connectivity index is 2.96. The lowest BCUT2D eigenvalue weighted by Crippen LogP contribution is -2.05. The first-order chi connectivity index (χ1) is 4.70. The molecule has 0 aliphatic heterocycles. The zero-order valence-corrected chi connectivity index (χ0v) is 5.74. The molecular formula is C7H9N2O-. The molecule has 0 radical (unpaired) electrons. The molecule has 10 heavy (non-hydrogen) atoms. The predicted molar refractivity (Wildman–Crippen MR) is 42.6 cm³/mol. The number of nitrogens with zero attached hydrogens (tertiary/aromatic N) is 1. The van der Waals surface area contributed by atoms with Crippen molar-refractivity contribution in [2.75, 3.05) is 17.8 Å². The summed E-state index contributed by atoms with van der Waals surface area (Å²) in [5.74, 6) is 0. The molecule has 1 aromatic rings. The summed E-state index contributed by atoms with van der Waals surface area (Å²) in [4.78, 5) is 0. The van der Waals surface area contributed by atoms with E-state index in [0.29, 0.717) is 11.4 Å². The van der Waals surface area contributed by atoms with E-state index in [1.807, 2.05) is 0 Å². The minimum Gasteiger partial charge on any atom is -0.758 e. The summed E-state index contributed by atoms with van der Waals surface area (Å²) in [7, 11) is 1.44. The Morgan fingerprint density at radius 1 is 1.50 bits per heavy atom. The van der Waals surface area contributed by atoms with E-state index in [4.69, 9.17) is 5.73 Å². The molecule has 0 aromatic heterocycles. The van der Waals surface area contributed by atoms with Crippen molar-refractivity contribution < 1.29 is 0 Å². The molecule has 0 fully saturated rings. The van der Waals surface area contributed by atoms with Crippen LogP contribution in [0.5, 0.6) is 0 Å². The molecule has 54 valence electrons. The van der Waals surface area contributed by atoms with E-state index >= 15 is 0 Å². The van der Waals surface area contributed by atoms with E-state index in [1.54, 1.807) is 24.3 Å². The Bertz CT molecular complexity index is 223. The van der Waals surface area contributed by atoms with Crippen LogP contribution in [0.1, 0.15) is 0 Å². The molecule has 0 saturated carbocycles. The fourth-order valence-electron chi connectivity index (χ4n) is 0.721. The van der Waals surface area contributed by atoms with E-state index in [-0.39, 0.29) is 0 Å². The average molecular weight is 137 g/mol. The molecule has 3 nitrogen and oxygen atoms in total. The third-order valence-corrected chi connectivity index (χ3v) is 1.23. The third-order valence-electron chi connectivity index (χ3n) is 1.23. The third kappa shape index (κ3) is 1.39. The van der Waals surface area contributed by atoms with Crippen molar-refractivity contribution in [1.82, 2.24) is 0 Å². The van der Waals surface area contributed by atoms with Gasteiger partial charge in [0.25, 0.3) is 0 Å². The van der Waals surface area contributed by atoms with Crippen molar-refractivity contribution in [2.24, 2.45) is 0 Å². The average Bonchev–Trinajstić information content (AvgIpc) is 1.88. The van der Waals surface area contributed by atoms with Gasteiger partial charge < -0.3 is 16.0 Å². The lowest BCUT2D eigenvalue weighted by Gasteiger charge is -2.24. The summed E-state index contributed by atoms with van der Waals surface area (Å²) in [6, 6.07) is 6.84. The van der Waals surface area contributed by atoms with Crippen molar-refractivity contribution >= 4 is 11.4 Å². The maximum absolute atomic E-state index is 10.7. The van der Waals surface area contributed by atoms with Gasteiger partial charge in [0.15, 0.2) is 0 Å². The minimum atomic E-state index is 0.583. The molecule has 2 N–H and O–H groups in total. The SMILES string of the molecule is CN([O-])c1cccc(N)c1. The van der Waals surface area contributed by atoms with Crippen LogP contribution in [0, 0.1) is 5.21 Å². The van der Waals surface area contributed by atoms with Crippen LogP contribution < -0.4 is 10.8 Å². The molecule has 3 heteroatoms. The van der Waals surface area contributed by atoms with Gasteiger partial charge in [-0.1, -0.05) is 6.07 Å². The highest BCUT2D eigenvalue weighted by atomic mass is 16.5. The van der Waals surface area contributed by atoms with Crippen LogP contribution in [0.3, 0.4) is 0 Å². The number of nitrogen functional groups attached to an aromatic ring is 1. The molecule has 0 bridgehead atoms. The summed E-state index contributed by atoms with van der Waals surface area (Å²) >= 11 is 0. The van der Waals surface area contributed by atoms with Crippen LogP contribution >= 0.6 is 0 Å². The monoisotopic (exact) mass is 137 g/mol. The van der Waals surface area contributed by atoms with Gasteiger partial charge in [-0.25, -0.2) is 0 Å².